The van der Waals surface area contributed by atoms with Crippen LogP contribution in [-0.2, 0) is 23.6 Å². The molecule has 0 heterocycles. The van der Waals surface area contributed by atoms with E-state index < -0.39 is 28.9 Å². The van der Waals surface area contributed by atoms with Crippen molar-refractivity contribution in [2.24, 2.45) is 0 Å². The Hall–Kier alpha value is -3.84. The molecule has 39 heavy (non-hydrogen) atoms. The quantitative estimate of drug-likeness (QED) is 0.232. The van der Waals surface area contributed by atoms with Gasteiger partial charge in [-0.25, -0.2) is 0 Å². The predicted molar refractivity (Wildman–Crippen MR) is 153 cm³/mol. The first-order valence-electron chi connectivity index (χ1n) is 12.0. The van der Waals surface area contributed by atoms with E-state index in [1.807, 2.05) is 19.1 Å². The molecule has 0 bridgehead atoms. The molecule has 9 heteroatoms. The van der Waals surface area contributed by atoms with Gasteiger partial charge in [-0.2, -0.15) is 0 Å². The summed E-state index contributed by atoms with van der Waals surface area (Å²) in [5.74, 6) is -1.40. The van der Waals surface area contributed by atoms with Crippen LogP contribution in [0.1, 0.15) is 26.3 Å². The first kappa shape index (κ1) is 28.2. The van der Waals surface area contributed by atoms with Gasteiger partial charge in [0.05, 0.1) is 0 Å². The Morgan fingerprint density at radius 2 is 1.08 bits per heavy atom. The first-order chi connectivity index (χ1) is 18.5. The van der Waals surface area contributed by atoms with E-state index >= 15 is 0 Å². The second kappa shape index (κ2) is 10.7. The molecule has 0 aliphatic rings. The maximum absolute atomic E-state index is 14.1. The number of carbonyl (C=O) groups excluding carboxylic acids is 2. The molecule has 202 valence electrons. The van der Waals surface area contributed by atoms with Crippen molar-refractivity contribution >= 4 is 44.8 Å². The van der Waals surface area contributed by atoms with Gasteiger partial charge in [0.15, 0.2) is 0 Å². The minimum absolute atomic E-state index is 0.0203. The van der Waals surface area contributed by atoms with E-state index in [1.54, 1.807) is 67.3 Å². The fourth-order valence-electron chi connectivity index (χ4n) is 4.54. The number of carbonyl (C=O) groups is 2. The van der Waals surface area contributed by atoms with Crippen LogP contribution in [0, 0.1) is 6.92 Å². The van der Waals surface area contributed by atoms with Crippen LogP contribution in [0.5, 0.6) is 0 Å². The van der Waals surface area contributed by atoms with Gasteiger partial charge in [0.1, 0.15) is 0 Å². The summed E-state index contributed by atoms with van der Waals surface area (Å²) >= 11 is 0. The van der Waals surface area contributed by atoms with Gasteiger partial charge < -0.3 is 0 Å². The molecule has 0 amide bonds. The Kier molecular flexibility index (Phi) is 7.75. The average Bonchev–Trinajstić information content (AvgIpc) is 2.97. The summed E-state index contributed by atoms with van der Waals surface area (Å²) in [7, 11) is -1.93. The molecule has 0 saturated carbocycles. The van der Waals surface area contributed by atoms with Crippen molar-refractivity contribution < 1.29 is 31.5 Å². The standard InChI is InChI=1S/C30H29O7PS/c1-22-15-17-28(18-16-22)39(33,34)37-38(4,25-11-7-5-8-12-25,26-13-9-6-10-14-26)27-20-23(29(31)35-2)19-24(21-27)30(32)36-3/h5-21H,1-4H3. The number of rotatable bonds is 8. The molecule has 0 atom stereocenters. The summed E-state index contributed by atoms with van der Waals surface area (Å²) in [5.41, 5.74) is 0.992. The van der Waals surface area contributed by atoms with Crippen LogP contribution in [0.25, 0.3) is 0 Å². The summed E-state index contributed by atoms with van der Waals surface area (Å²) in [6.07, 6.45) is 0. The van der Waals surface area contributed by atoms with Gasteiger partial charge >= 0.3 is 229 Å². The van der Waals surface area contributed by atoms with Crippen molar-refractivity contribution in [1.29, 1.82) is 0 Å². The predicted octanol–water partition coefficient (Wildman–Crippen LogP) is 4.35. The molecular formula is C30H29O7PS. The average molecular weight is 565 g/mol. The normalized spacial score (nSPS) is 12.7. The van der Waals surface area contributed by atoms with Crippen molar-refractivity contribution in [3.63, 3.8) is 0 Å². The Morgan fingerprint density at radius 1 is 0.641 bits per heavy atom. The van der Waals surface area contributed by atoms with E-state index in [1.165, 1.54) is 44.6 Å². The Balaban J connectivity index is 2.18. The second-order valence-corrected chi connectivity index (χ2v) is 15.7. The van der Waals surface area contributed by atoms with Gasteiger partial charge in [-0.1, -0.05) is 0 Å². The van der Waals surface area contributed by atoms with Crippen molar-refractivity contribution in [1.82, 2.24) is 0 Å². The van der Waals surface area contributed by atoms with E-state index in [0.717, 1.165) is 5.56 Å². The molecule has 7 nitrogen and oxygen atoms in total. The summed E-state index contributed by atoms with van der Waals surface area (Å²) in [4.78, 5) is 25.5. The molecule has 4 aromatic carbocycles. The van der Waals surface area contributed by atoms with Gasteiger partial charge in [0, 0.05) is 0 Å². The molecule has 4 aromatic rings. The van der Waals surface area contributed by atoms with E-state index in [2.05, 4.69) is 0 Å². The monoisotopic (exact) mass is 564 g/mol. The molecule has 0 aromatic heterocycles. The number of esters is 2. The maximum atomic E-state index is 14.1. The zero-order chi connectivity index (χ0) is 28.3. The fourth-order valence-corrected chi connectivity index (χ4v) is 11.9. The van der Waals surface area contributed by atoms with E-state index in [4.69, 9.17) is 13.4 Å². The number of ether oxygens (including phenoxy) is 2. The molecule has 0 saturated heterocycles. The summed E-state index contributed by atoms with van der Waals surface area (Å²) < 4.78 is 44.6. The van der Waals surface area contributed by atoms with Gasteiger partial charge in [-0.3, -0.25) is 0 Å². The van der Waals surface area contributed by atoms with Crippen molar-refractivity contribution in [2.75, 3.05) is 20.9 Å². The number of methoxy groups -OCH3 is 2. The van der Waals surface area contributed by atoms with Crippen LogP contribution in [0.4, 0.5) is 0 Å². The first-order valence-corrected chi connectivity index (χ1v) is 16.0. The van der Waals surface area contributed by atoms with Crippen LogP contribution < -0.4 is 15.9 Å². The molecule has 0 aliphatic heterocycles. The Bertz CT molecular complexity index is 1540. The Morgan fingerprint density at radius 3 is 1.49 bits per heavy atom. The van der Waals surface area contributed by atoms with Gasteiger partial charge in [-0.05, 0) is 0 Å². The molecule has 0 spiro atoms. The molecular weight excluding hydrogens is 535 g/mol. The van der Waals surface area contributed by atoms with Crippen LogP contribution in [0.2, 0.25) is 0 Å². The minimum atomic E-state index is -4.47. The summed E-state index contributed by atoms with van der Waals surface area (Å²) in [5, 5.41) is 1.48. The van der Waals surface area contributed by atoms with Crippen molar-refractivity contribution in [3.05, 3.63) is 120 Å². The van der Waals surface area contributed by atoms with Crippen molar-refractivity contribution in [3.8, 4) is 0 Å². The third kappa shape index (κ3) is 5.11. The van der Waals surface area contributed by atoms with Crippen molar-refractivity contribution in [2.45, 2.75) is 11.8 Å². The van der Waals surface area contributed by atoms with Gasteiger partial charge in [-0.15, -0.1) is 0 Å². The molecule has 0 fully saturated rings. The topological polar surface area (TPSA) is 96.0 Å². The SMILES string of the molecule is COC(=O)c1cc(C(=O)OC)cc(P(C)(OS(=O)(=O)c2ccc(C)cc2)(c2ccccc2)c2ccccc2)c1. The molecule has 0 aliphatic carbocycles. The summed E-state index contributed by atoms with van der Waals surface area (Å²) in [6, 6.07) is 28.7. The third-order valence-electron chi connectivity index (χ3n) is 6.73. The van der Waals surface area contributed by atoms with E-state index in [0.29, 0.717) is 15.9 Å². The van der Waals surface area contributed by atoms with E-state index in [9.17, 15) is 18.0 Å². The zero-order valence-electron chi connectivity index (χ0n) is 22.0. The molecule has 4 rings (SSSR count). The number of hydrogen-bond acceptors (Lipinski definition) is 7. The van der Waals surface area contributed by atoms with Crippen LogP contribution in [0.15, 0.2) is 108 Å². The molecule has 0 unspecified atom stereocenters. The summed E-state index contributed by atoms with van der Waals surface area (Å²) in [6.45, 7) is -0.863. The second-order valence-electron chi connectivity index (χ2n) is 9.23. The zero-order valence-corrected chi connectivity index (χ0v) is 23.7. The Labute approximate surface area is 228 Å². The van der Waals surface area contributed by atoms with Crippen LogP contribution in [0.3, 0.4) is 0 Å². The molecule has 0 radical (unpaired) electrons. The van der Waals surface area contributed by atoms with E-state index in [-0.39, 0.29) is 16.0 Å². The molecule has 0 N–H and O–H groups in total. The number of benzene rings is 4. The third-order valence-corrected chi connectivity index (χ3v) is 14.4. The van der Waals surface area contributed by atoms with Crippen LogP contribution in [-0.4, -0.2) is 41.2 Å². The number of aryl methyl sites for hydroxylation is 1. The van der Waals surface area contributed by atoms with Gasteiger partial charge in [0.2, 0.25) is 0 Å². The fraction of sp³-hybridized carbons (Fsp3) is 0.133. The van der Waals surface area contributed by atoms with Crippen LogP contribution >= 0.6 is 6.83 Å². The number of hydrogen-bond donors (Lipinski definition) is 0. The van der Waals surface area contributed by atoms with Gasteiger partial charge in [0.25, 0.3) is 0 Å².